The maximum absolute atomic E-state index is 10.3. The average molecular weight is 667 g/mol. The van der Waals surface area contributed by atoms with E-state index in [0.29, 0.717) is 22.7 Å². The van der Waals surface area contributed by atoms with Crippen LogP contribution in [0, 0.1) is 0 Å². The number of rotatable bonds is 12. The molecule has 0 aliphatic carbocycles. The van der Waals surface area contributed by atoms with E-state index in [1.807, 2.05) is 97.6 Å². The zero-order valence-corrected chi connectivity index (χ0v) is 27.4. The Kier molecular flexibility index (Phi) is 9.14. The third-order valence-corrected chi connectivity index (χ3v) is 8.64. The zero-order chi connectivity index (χ0) is 34.5. The Morgan fingerprint density at radius 2 is 1.00 bits per heavy atom. The number of hydrogen-bond acceptors (Lipinski definition) is 8. The fraction of sp³-hybridized carbons (Fsp3) is 0.158. The van der Waals surface area contributed by atoms with Crippen molar-refractivity contribution in [3.63, 3.8) is 0 Å². The summed E-state index contributed by atoms with van der Waals surface area (Å²) in [5.74, 6) is -0.0128. The van der Waals surface area contributed by atoms with Gasteiger partial charge in [0.1, 0.15) is 58.7 Å². The van der Waals surface area contributed by atoms with E-state index in [4.69, 9.17) is 11.5 Å². The van der Waals surface area contributed by atoms with Crippen LogP contribution >= 0.6 is 0 Å². The van der Waals surface area contributed by atoms with Gasteiger partial charge in [0.25, 0.3) is 0 Å². The molecule has 0 fully saturated rings. The Hall–Kier alpha value is -6.56. The lowest BCUT2D eigenvalue weighted by Gasteiger charge is -2.20. The number of aryl methyl sites for hydroxylation is 4. The Morgan fingerprint density at radius 3 is 1.44 bits per heavy atom. The second kappa shape index (κ2) is 14.3. The summed E-state index contributed by atoms with van der Waals surface area (Å²) in [5, 5.41) is 41.6. The van der Waals surface area contributed by atoms with E-state index in [-0.39, 0.29) is 22.9 Å². The van der Waals surface area contributed by atoms with Crippen LogP contribution in [-0.4, -0.2) is 19.6 Å². The topological polar surface area (TPSA) is 160 Å². The second-order valence-corrected chi connectivity index (χ2v) is 12.1. The number of pyridine rings is 2. The van der Waals surface area contributed by atoms with Gasteiger partial charge in [0, 0.05) is 61.2 Å². The van der Waals surface area contributed by atoms with Crippen LogP contribution in [-0.2, 0) is 26.2 Å². The van der Waals surface area contributed by atoms with Crippen molar-refractivity contribution in [1.82, 2.24) is 9.36 Å². The van der Waals surface area contributed by atoms with Crippen molar-refractivity contribution in [2.45, 2.75) is 39.0 Å². The summed E-state index contributed by atoms with van der Waals surface area (Å²) in [6.07, 6.45) is 14.0. The molecule has 7 rings (SSSR count). The number of azo groups is 2. The summed E-state index contributed by atoms with van der Waals surface area (Å²) in [4.78, 5) is 0. The minimum atomic E-state index is -0.00642. The van der Waals surface area contributed by atoms with Gasteiger partial charge in [-0.15, -0.1) is 20.5 Å². The van der Waals surface area contributed by atoms with Gasteiger partial charge in [0.2, 0.25) is 0 Å². The van der Waals surface area contributed by atoms with Crippen LogP contribution in [0.25, 0.3) is 21.5 Å². The lowest BCUT2D eigenvalue weighted by molar-refractivity contribution is -0.697. The first-order chi connectivity index (χ1) is 24.4. The number of benzene rings is 4. The molecule has 3 aromatic heterocycles. The molecule has 0 radical (unpaired) electrons. The number of hydrogen-bond donors (Lipinski definition) is 4. The molecule has 3 heterocycles. The van der Waals surface area contributed by atoms with Gasteiger partial charge in [-0.1, -0.05) is 48.5 Å². The SMILES string of the molecule is Nc1c(O)cc2ccccc2c1N=Nc1ccc[n+](CCCn2ccn2CCC[n+]2cccc(N=Nc3c(N)c(O)cc4ccccc34)c2)c1. The number of nitrogens with zero attached hydrogens (tertiary/aromatic N) is 8. The van der Waals surface area contributed by atoms with Crippen LogP contribution in [0.3, 0.4) is 0 Å². The van der Waals surface area contributed by atoms with E-state index >= 15 is 0 Å². The molecule has 0 saturated carbocycles. The zero-order valence-electron chi connectivity index (χ0n) is 27.4. The Labute approximate surface area is 288 Å². The number of nitrogens with two attached hydrogens (primary N) is 2. The highest BCUT2D eigenvalue weighted by atomic mass is 16.3. The summed E-state index contributed by atoms with van der Waals surface area (Å²) in [7, 11) is 0. The van der Waals surface area contributed by atoms with Crippen LogP contribution < -0.4 is 20.6 Å². The summed E-state index contributed by atoms with van der Waals surface area (Å²) >= 11 is 0. The minimum absolute atomic E-state index is 0.00642. The van der Waals surface area contributed by atoms with E-state index in [9.17, 15) is 10.2 Å². The van der Waals surface area contributed by atoms with Crippen molar-refractivity contribution in [1.29, 1.82) is 0 Å². The first-order valence-corrected chi connectivity index (χ1v) is 16.5. The normalized spacial score (nSPS) is 11.8. The largest absolute Gasteiger partial charge is 0.506 e. The van der Waals surface area contributed by atoms with Crippen LogP contribution in [0.15, 0.2) is 143 Å². The maximum atomic E-state index is 10.3. The van der Waals surface area contributed by atoms with Gasteiger partial charge in [0.15, 0.2) is 24.8 Å². The molecular formula is C38H38N10O2+2. The first-order valence-electron chi connectivity index (χ1n) is 16.5. The van der Waals surface area contributed by atoms with Gasteiger partial charge < -0.3 is 21.7 Å². The standard InChI is InChI=1S/C38H36N10O2/c39-35-33(49)23-27-9-1-3-13-31(27)37(35)43-41-29-11-5-15-45(25-29)17-7-19-47-21-22-48(47)20-8-18-46-16-6-12-30(26-46)42-44-38-32-14-4-2-10-28(32)24-34(50)36(38)40/h1-6,9-16,21-26H,7-8,17-20H2,(H4-2,39,40,41,42,43,44,49,50)/p+2. The van der Waals surface area contributed by atoms with Crippen LogP contribution in [0.2, 0.25) is 0 Å². The number of fused-ring (bicyclic) bond motifs is 2. The summed E-state index contributed by atoms with van der Waals surface area (Å²) in [5.41, 5.74) is 15.0. The molecule has 0 spiro atoms. The fourth-order valence-corrected chi connectivity index (χ4v) is 6.00. The highest BCUT2D eigenvalue weighted by Crippen LogP contribution is 2.40. The van der Waals surface area contributed by atoms with Crippen molar-refractivity contribution in [2.24, 2.45) is 20.5 Å². The summed E-state index contributed by atoms with van der Waals surface area (Å²) in [6.45, 7) is 3.41. The predicted molar refractivity (Wildman–Crippen MR) is 193 cm³/mol. The Morgan fingerprint density at radius 1 is 0.560 bits per heavy atom. The number of phenolic OH excluding ortho intramolecular Hbond substituents is 2. The van der Waals surface area contributed by atoms with Gasteiger partial charge >= 0.3 is 0 Å². The van der Waals surface area contributed by atoms with Gasteiger partial charge in [-0.25, -0.2) is 9.13 Å². The van der Waals surface area contributed by atoms with Crippen LogP contribution in [0.5, 0.6) is 11.5 Å². The Bertz CT molecular complexity index is 2190. The van der Waals surface area contributed by atoms with Crippen molar-refractivity contribution in [3.8, 4) is 11.5 Å². The lowest BCUT2D eigenvalue weighted by atomic mass is 10.1. The van der Waals surface area contributed by atoms with Gasteiger partial charge in [-0.3, -0.25) is 9.36 Å². The maximum Gasteiger partial charge on any atom is 0.196 e. The van der Waals surface area contributed by atoms with E-state index < -0.39 is 0 Å². The van der Waals surface area contributed by atoms with Crippen LogP contribution in [0.4, 0.5) is 34.1 Å². The molecular weight excluding hydrogens is 628 g/mol. The number of anilines is 2. The van der Waals surface area contributed by atoms with E-state index in [0.717, 1.165) is 60.6 Å². The fourth-order valence-electron chi connectivity index (χ4n) is 6.00. The molecule has 50 heavy (non-hydrogen) atoms. The number of aromatic hydroxyl groups is 2. The molecule has 7 aromatic rings. The Balaban J connectivity index is 0.914. The van der Waals surface area contributed by atoms with Gasteiger partial charge in [-0.2, -0.15) is 0 Å². The number of phenols is 2. The molecule has 0 unspecified atom stereocenters. The predicted octanol–water partition coefficient (Wildman–Crippen LogP) is 7.76. The molecule has 12 heteroatoms. The molecule has 0 saturated heterocycles. The third kappa shape index (κ3) is 6.99. The van der Waals surface area contributed by atoms with Crippen LogP contribution in [0.1, 0.15) is 12.8 Å². The quantitative estimate of drug-likeness (QED) is 0.0454. The molecule has 0 bridgehead atoms. The smallest absolute Gasteiger partial charge is 0.196 e. The van der Waals surface area contributed by atoms with Crippen molar-refractivity contribution in [3.05, 3.63) is 122 Å². The number of aromatic nitrogens is 4. The molecule has 0 aliphatic rings. The van der Waals surface area contributed by atoms with E-state index in [2.05, 4.69) is 51.3 Å². The van der Waals surface area contributed by atoms with E-state index in [1.165, 1.54) is 0 Å². The lowest BCUT2D eigenvalue weighted by Crippen LogP contribution is -2.34. The molecule has 0 amide bonds. The van der Waals surface area contributed by atoms with Crippen molar-refractivity contribution in [2.75, 3.05) is 11.5 Å². The minimum Gasteiger partial charge on any atom is -0.506 e. The molecule has 4 aromatic carbocycles. The monoisotopic (exact) mass is 666 g/mol. The summed E-state index contributed by atoms with van der Waals surface area (Å²) in [6, 6.07) is 26.3. The molecule has 12 nitrogen and oxygen atoms in total. The average Bonchev–Trinajstić information content (AvgIpc) is 3.12. The van der Waals surface area contributed by atoms with Gasteiger partial charge in [-0.05, 0) is 35.0 Å². The van der Waals surface area contributed by atoms with Crippen molar-refractivity contribution >= 4 is 55.7 Å². The molecule has 6 N–H and O–H groups in total. The van der Waals surface area contributed by atoms with Gasteiger partial charge in [0.05, 0.1) is 0 Å². The second-order valence-electron chi connectivity index (χ2n) is 12.1. The van der Waals surface area contributed by atoms with Crippen molar-refractivity contribution < 1.29 is 19.3 Å². The number of nitrogen functional groups attached to an aromatic ring is 2. The third-order valence-electron chi connectivity index (χ3n) is 8.64. The molecule has 0 aliphatic heterocycles. The first kappa shape index (κ1) is 32.0. The highest BCUT2D eigenvalue weighted by Gasteiger charge is 2.13. The highest BCUT2D eigenvalue weighted by molar-refractivity contribution is 6.01. The molecule has 250 valence electrons. The van der Waals surface area contributed by atoms with E-state index in [1.54, 1.807) is 12.1 Å². The summed E-state index contributed by atoms with van der Waals surface area (Å²) < 4.78 is 8.67. The molecule has 0 atom stereocenters.